The van der Waals surface area contributed by atoms with Gasteiger partial charge in [-0.25, -0.2) is 0 Å². The molecule has 0 bridgehead atoms. The van der Waals surface area contributed by atoms with Crippen molar-refractivity contribution in [3.05, 3.63) is 0 Å². The lowest BCUT2D eigenvalue weighted by Gasteiger charge is -2.22. The number of hydrogen-bond donors (Lipinski definition) is 1. The SMILES string of the molecule is CCC(=O)N1CCC(N)(CC)C1. The molecule has 3 heteroatoms. The lowest BCUT2D eigenvalue weighted by Crippen LogP contribution is -2.43. The summed E-state index contributed by atoms with van der Waals surface area (Å²) in [5.41, 5.74) is 5.94. The summed E-state index contributed by atoms with van der Waals surface area (Å²) in [6.07, 6.45) is 2.51. The largest absolute Gasteiger partial charge is 0.341 e. The van der Waals surface area contributed by atoms with Crippen molar-refractivity contribution < 1.29 is 4.79 Å². The smallest absolute Gasteiger partial charge is 0.222 e. The average molecular weight is 170 g/mol. The maximum Gasteiger partial charge on any atom is 0.222 e. The van der Waals surface area contributed by atoms with Crippen LogP contribution in [0.4, 0.5) is 0 Å². The van der Waals surface area contributed by atoms with Gasteiger partial charge < -0.3 is 10.6 Å². The van der Waals surface area contributed by atoms with Crippen LogP contribution in [0.25, 0.3) is 0 Å². The van der Waals surface area contributed by atoms with Gasteiger partial charge in [0.1, 0.15) is 0 Å². The van der Waals surface area contributed by atoms with Gasteiger partial charge in [-0.05, 0) is 12.8 Å². The topological polar surface area (TPSA) is 46.3 Å². The molecule has 1 unspecified atom stereocenters. The number of carbonyl (C=O) groups is 1. The van der Waals surface area contributed by atoms with Gasteiger partial charge >= 0.3 is 0 Å². The normalized spacial score (nSPS) is 29.4. The fourth-order valence-corrected chi connectivity index (χ4v) is 1.62. The Bertz CT molecular complexity index is 181. The molecular weight excluding hydrogens is 152 g/mol. The van der Waals surface area contributed by atoms with E-state index in [0.717, 1.165) is 25.9 Å². The first-order valence-corrected chi connectivity index (χ1v) is 4.68. The van der Waals surface area contributed by atoms with Crippen LogP contribution in [0.2, 0.25) is 0 Å². The molecule has 1 amide bonds. The average Bonchev–Trinajstić information content (AvgIpc) is 2.48. The minimum absolute atomic E-state index is 0.106. The molecule has 0 aromatic rings. The Balaban J connectivity index is 2.50. The molecular formula is C9H18N2O. The lowest BCUT2D eigenvalue weighted by molar-refractivity contribution is -0.130. The minimum atomic E-state index is -0.106. The molecule has 1 aliphatic rings. The van der Waals surface area contributed by atoms with Crippen LogP contribution in [0.1, 0.15) is 33.1 Å². The molecule has 0 radical (unpaired) electrons. The summed E-state index contributed by atoms with van der Waals surface area (Å²) in [6.45, 7) is 5.57. The summed E-state index contributed by atoms with van der Waals surface area (Å²) in [7, 11) is 0. The van der Waals surface area contributed by atoms with Crippen LogP contribution in [-0.4, -0.2) is 29.4 Å². The highest BCUT2D eigenvalue weighted by Crippen LogP contribution is 2.21. The number of nitrogens with zero attached hydrogens (tertiary/aromatic N) is 1. The van der Waals surface area contributed by atoms with E-state index in [4.69, 9.17) is 5.73 Å². The highest BCUT2D eigenvalue weighted by Gasteiger charge is 2.34. The van der Waals surface area contributed by atoms with Crippen LogP contribution in [0, 0.1) is 0 Å². The van der Waals surface area contributed by atoms with Gasteiger partial charge in [0.15, 0.2) is 0 Å². The Morgan fingerprint density at radius 3 is 2.67 bits per heavy atom. The molecule has 1 fully saturated rings. The molecule has 1 saturated heterocycles. The number of likely N-dealkylation sites (tertiary alicyclic amines) is 1. The second-order valence-corrected chi connectivity index (χ2v) is 3.63. The Morgan fingerprint density at radius 2 is 2.25 bits per heavy atom. The number of nitrogens with two attached hydrogens (primary N) is 1. The number of rotatable bonds is 2. The second-order valence-electron chi connectivity index (χ2n) is 3.63. The third-order valence-electron chi connectivity index (χ3n) is 2.74. The lowest BCUT2D eigenvalue weighted by atomic mass is 9.97. The Hall–Kier alpha value is -0.570. The van der Waals surface area contributed by atoms with Gasteiger partial charge in [-0.3, -0.25) is 4.79 Å². The van der Waals surface area contributed by atoms with Gasteiger partial charge in [-0.15, -0.1) is 0 Å². The third kappa shape index (κ3) is 1.78. The summed E-state index contributed by atoms with van der Waals surface area (Å²) in [4.78, 5) is 13.2. The van der Waals surface area contributed by atoms with E-state index in [1.54, 1.807) is 0 Å². The summed E-state index contributed by atoms with van der Waals surface area (Å²) < 4.78 is 0. The van der Waals surface area contributed by atoms with Gasteiger partial charge in [-0.2, -0.15) is 0 Å². The molecule has 0 aromatic carbocycles. The summed E-state index contributed by atoms with van der Waals surface area (Å²) in [5, 5.41) is 0. The van der Waals surface area contributed by atoms with Gasteiger partial charge in [0, 0.05) is 25.0 Å². The Kier molecular flexibility index (Phi) is 2.73. The Labute approximate surface area is 73.9 Å². The quantitative estimate of drug-likeness (QED) is 0.664. The van der Waals surface area contributed by atoms with Crippen molar-refractivity contribution in [3.8, 4) is 0 Å². The highest BCUT2D eigenvalue weighted by molar-refractivity contribution is 5.76. The monoisotopic (exact) mass is 170 g/mol. The number of hydrogen-bond acceptors (Lipinski definition) is 2. The van der Waals surface area contributed by atoms with Gasteiger partial charge in [-0.1, -0.05) is 13.8 Å². The predicted molar refractivity (Wildman–Crippen MR) is 48.7 cm³/mol. The maximum atomic E-state index is 11.3. The molecule has 0 aromatic heterocycles. The summed E-state index contributed by atoms with van der Waals surface area (Å²) >= 11 is 0. The fraction of sp³-hybridized carbons (Fsp3) is 0.889. The first-order chi connectivity index (χ1) is 5.61. The first-order valence-electron chi connectivity index (χ1n) is 4.68. The summed E-state index contributed by atoms with van der Waals surface area (Å²) in [6, 6.07) is 0. The molecule has 1 heterocycles. The van der Waals surface area contributed by atoms with Gasteiger partial charge in [0.2, 0.25) is 5.91 Å². The van der Waals surface area contributed by atoms with E-state index in [-0.39, 0.29) is 11.4 Å². The fourth-order valence-electron chi connectivity index (χ4n) is 1.62. The molecule has 3 nitrogen and oxygen atoms in total. The molecule has 1 aliphatic heterocycles. The van der Waals surface area contributed by atoms with Crippen LogP contribution in [-0.2, 0) is 4.79 Å². The molecule has 12 heavy (non-hydrogen) atoms. The molecule has 0 aliphatic carbocycles. The minimum Gasteiger partial charge on any atom is -0.341 e. The molecule has 70 valence electrons. The number of carbonyl (C=O) groups excluding carboxylic acids is 1. The van der Waals surface area contributed by atoms with Crippen molar-refractivity contribution in [1.29, 1.82) is 0 Å². The van der Waals surface area contributed by atoms with Crippen LogP contribution in [0.3, 0.4) is 0 Å². The molecule has 0 spiro atoms. The van der Waals surface area contributed by atoms with Crippen molar-refractivity contribution in [3.63, 3.8) is 0 Å². The van der Waals surface area contributed by atoms with E-state index in [2.05, 4.69) is 6.92 Å². The zero-order chi connectivity index (χ0) is 9.19. The second kappa shape index (κ2) is 3.44. The standard InChI is InChI=1S/C9H18N2O/c1-3-8(12)11-6-5-9(10,4-2)7-11/h3-7,10H2,1-2H3. The first kappa shape index (κ1) is 9.52. The third-order valence-corrected chi connectivity index (χ3v) is 2.74. The predicted octanol–water partition coefficient (Wildman–Crippen LogP) is 0.736. The van der Waals surface area contributed by atoms with Crippen molar-refractivity contribution in [2.24, 2.45) is 5.73 Å². The Morgan fingerprint density at radius 1 is 1.58 bits per heavy atom. The number of amides is 1. The van der Waals surface area contributed by atoms with E-state index in [9.17, 15) is 4.79 Å². The molecule has 1 rings (SSSR count). The van der Waals surface area contributed by atoms with Crippen LogP contribution in [0.5, 0.6) is 0 Å². The summed E-state index contributed by atoms with van der Waals surface area (Å²) in [5.74, 6) is 0.232. The van der Waals surface area contributed by atoms with Crippen molar-refractivity contribution in [2.45, 2.75) is 38.6 Å². The van der Waals surface area contributed by atoms with Crippen LogP contribution < -0.4 is 5.73 Å². The van der Waals surface area contributed by atoms with Gasteiger partial charge in [0.05, 0.1) is 0 Å². The zero-order valence-corrected chi connectivity index (χ0v) is 7.97. The van der Waals surface area contributed by atoms with E-state index in [0.29, 0.717) is 6.42 Å². The van der Waals surface area contributed by atoms with Crippen LogP contribution >= 0.6 is 0 Å². The molecule has 0 saturated carbocycles. The van der Waals surface area contributed by atoms with Crippen molar-refractivity contribution >= 4 is 5.91 Å². The van der Waals surface area contributed by atoms with Crippen LogP contribution in [0.15, 0.2) is 0 Å². The van der Waals surface area contributed by atoms with Crippen molar-refractivity contribution in [1.82, 2.24) is 4.90 Å². The van der Waals surface area contributed by atoms with E-state index in [1.807, 2.05) is 11.8 Å². The zero-order valence-electron chi connectivity index (χ0n) is 7.97. The van der Waals surface area contributed by atoms with Gasteiger partial charge in [0.25, 0.3) is 0 Å². The molecule has 2 N–H and O–H groups in total. The maximum absolute atomic E-state index is 11.3. The van der Waals surface area contributed by atoms with E-state index < -0.39 is 0 Å². The molecule has 1 atom stereocenters. The van der Waals surface area contributed by atoms with E-state index >= 15 is 0 Å². The van der Waals surface area contributed by atoms with Crippen molar-refractivity contribution in [2.75, 3.05) is 13.1 Å². The van der Waals surface area contributed by atoms with E-state index in [1.165, 1.54) is 0 Å². The highest BCUT2D eigenvalue weighted by atomic mass is 16.2.